The maximum Gasteiger partial charge on any atom is 0.307 e. The maximum atomic E-state index is 12.0. The van der Waals surface area contributed by atoms with Gasteiger partial charge in [0.05, 0.1) is 19.1 Å². The van der Waals surface area contributed by atoms with E-state index in [-0.39, 0.29) is 12.5 Å². The zero-order chi connectivity index (χ0) is 16.0. The fraction of sp³-hybridized carbons (Fsp3) is 0.467. The van der Waals surface area contributed by atoms with Crippen LogP contribution in [0.1, 0.15) is 26.3 Å². The summed E-state index contributed by atoms with van der Waals surface area (Å²) in [5, 5.41) is 20.9. The molecule has 2 unspecified atom stereocenters. The highest BCUT2D eigenvalue weighted by molar-refractivity contribution is 5.94. The second-order valence-electron chi connectivity index (χ2n) is 4.82. The maximum absolute atomic E-state index is 12.0. The van der Waals surface area contributed by atoms with E-state index < -0.39 is 17.8 Å². The van der Waals surface area contributed by atoms with Crippen molar-refractivity contribution in [3.63, 3.8) is 0 Å². The third-order valence-electron chi connectivity index (χ3n) is 3.35. The number of carboxylic acid groups (broad SMARTS) is 1. The number of aliphatic carboxylic acids is 1. The summed E-state index contributed by atoms with van der Waals surface area (Å²) in [6.07, 6.45) is 0. The highest BCUT2D eigenvalue weighted by Gasteiger charge is 2.25. The van der Waals surface area contributed by atoms with Gasteiger partial charge in [0, 0.05) is 17.2 Å². The van der Waals surface area contributed by atoms with Crippen LogP contribution in [0.5, 0.6) is 5.75 Å². The number of hydrogen-bond acceptors (Lipinski definition) is 4. The Bertz CT molecular complexity index is 515. The van der Waals surface area contributed by atoms with Gasteiger partial charge >= 0.3 is 5.97 Å². The van der Waals surface area contributed by atoms with Crippen LogP contribution in [0.2, 0.25) is 0 Å². The van der Waals surface area contributed by atoms with E-state index in [1.165, 1.54) is 6.92 Å². The number of carbonyl (C=O) groups excluding carboxylic acids is 1. The van der Waals surface area contributed by atoms with E-state index >= 15 is 0 Å². The predicted octanol–water partition coefficient (Wildman–Crippen LogP) is 1.87. The molecule has 0 saturated carbocycles. The second-order valence-corrected chi connectivity index (χ2v) is 4.82. The van der Waals surface area contributed by atoms with Gasteiger partial charge in [-0.1, -0.05) is 13.8 Å². The van der Waals surface area contributed by atoms with Gasteiger partial charge in [0.25, 0.3) is 0 Å². The summed E-state index contributed by atoms with van der Waals surface area (Å²) < 4.78 is 5.35. The average Bonchev–Trinajstić information content (AvgIpc) is 2.47. The standard InChI is InChI=1S/C15H21NO5/c1-4-21-13-6-5-12(7-11(13)8-17)16-14(18)9(2)10(3)15(19)20/h5-7,9-10,17H,4,8H2,1-3H3,(H,16,18)(H,19,20). The first kappa shape index (κ1) is 17.0. The van der Waals surface area contributed by atoms with Crippen LogP contribution in [0, 0.1) is 11.8 Å². The first-order chi connectivity index (χ1) is 9.90. The Hall–Kier alpha value is -2.08. The molecule has 1 aromatic rings. The van der Waals surface area contributed by atoms with Crippen molar-refractivity contribution < 1.29 is 24.5 Å². The number of benzene rings is 1. The number of carboxylic acids is 1. The van der Waals surface area contributed by atoms with Crippen molar-refractivity contribution in [2.75, 3.05) is 11.9 Å². The van der Waals surface area contributed by atoms with E-state index in [1.54, 1.807) is 25.1 Å². The molecule has 0 spiro atoms. The summed E-state index contributed by atoms with van der Waals surface area (Å²) in [6, 6.07) is 4.93. The molecule has 0 aliphatic rings. The average molecular weight is 295 g/mol. The zero-order valence-corrected chi connectivity index (χ0v) is 12.4. The minimum Gasteiger partial charge on any atom is -0.494 e. The van der Waals surface area contributed by atoms with Gasteiger partial charge in [-0.2, -0.15) is 0 Å². The first-order valence-electron chi connectivity index (χ1n) is 6.80. The summed E-state index contributed by atoms with van der Waals surface area (Å²) in [6.45, 7) is 5.16. The van der Waals surface area contributed by atoms with Crippen LogP contribution in [-0.2, 0) is 16.2 Å². The monoisotopic (exact) mass is 295 g/mol. The molecule has 0 aliphatic heterocycles. The third kappa shape index (κ3) is 4.46. The lowest BCUT2D eigenvalue weighted by atomic mass is 9.95. The summed E-state index contributed by atoms with van der Waals surface area (Å²) in [5.74, 6) is -2.26. The molecule has 0 radical (unpaired) electrons. The zero-order valence-electron chi connectivity index (χ0n) is 12.4. The molecule has 0 aromatic heterocycles. The Morgan fingerprint density at radius 1 is 1.29 bits per heavy atom. The highest BCUT2D eigenvalue weighted by atomic mass is 16.5. The fourth-order valence-corrected chi connectivity index (χ4v) is 1.77. The first-order valence-corrected chi connectivity index (χ1v) is 6.80. The lowest BCUT2D eigenvalue weighted by Crippen LogP contribution is -2.30. The Kier molecular flexibility index (Phi) is 6.17. The van der Waals surface area contributed by atoms with Crippen LogP contribution < -0.4 is 10.1 Å². The SMILES string of the molecule is CCOc1ccc(NC(=O)C(C)C(C)C(=O)O)cc1CO. The summed E-state index contributed by atoms with van der Waals surface area (Å²) in [4.78, 5) is 22.9. The van der Waals surface area contributed by atoms with Gasteiger partial charge in [-0.3, -0.25) is 9.59 Å². The topological polar surface area (TPSA) is 95.9 Å². The van der Waals surface area contributed by atoms with Crippen molar-refractivity contribution in [1.29, 1.82) is 0 Å². The molecule has 0 saturated heterocycles. The van der Waals surface area contributed by atoms with E-state index in [4.69, 9.17) is 9.84 Å². The molecule has 0 bridgehead atoms. The molecule has 2 atom stereocenters. The lowest BCUT2D eigenvalue weighted by molar-refractivity contribution is -0.145. The molecule has 21 heavy (non-hydrogen) atoms. The number of ether oxygens (including phenoxy) is 1. The molecule has 6 heteroatoms. The molecule has 0 fully saturated rings. The van der Waals surface area contributed by atoms with Gasteiger partial charge in [-0.05, 0) is 25.1 Å². The Morgan fingerprint density at radius 3 is 2.48 bits per heavy atom. The predicted molar refractivity (Wildman–Crippen MR) is 78.1 cm³/mol. The molecule has 1 aromatic carbocycles. The minimum atomic E-state index is -1.01. The van der Waals surface area contributed by atoms with E-state index in [0.29, 0.717) is 23.6 Å². The molecule has 0 aliphatic carbocycles. The molecule has 1 amide bonds. The number of anilines is 1. The second kappa shape index (κ2) is 7.64. The lowest BCUT2D eigenvalue weighted by Gasteiger charge is -2.17. The molecule has 3 N–H and O–H groups in total. The number of aliphatic hydroxyl groups excluding tert-OH is 1. The van der Waals surface area contributed by atoms with Crippen molar-refractivity contribution in [1.82, 2.24) is 0 Å². The van der Waals surface area contributed by atoms with E-state index in [0.717, 1.165) is 0 Å². The molecular formula is C15H21NO5. The van der Waals surface area contributed by atoms with Gasteiger partial charge in [-0.15, -0.1) is 0 Å². The van der Waals surface area contributed by atoms with Crippen molar-refractivity contribution in [2.45, 2.75) is 27.4 Å². The number of nitrogens with one attached hydrogen (secondary N) is 1. The van der Waals surface area contributed by atoms with Gasteiger partial charge in [0.15, 0.2) is 0 Å². The van der Waals surface area contributed by atoms with E-state index in [1.807, 2.05) is 6.92 Å². The summed E-state index contributed by atoms with van der Waals surface area (Å²) in [7, 11) is 0. The van der Waals surface area contributed by atoms with E-state index in [9.17, 15) is 14.7 Å². The van der Waals surface area contributed by atoms with Crippen molar-refractivity contribution >= 4 is 17.6 Å². The van der Waals surface area contributed by atoms with Gasteiger partial charge in [0.1, 0.15) is 5.75 Å². The number of aliphatic hydroxyl groups is 1. The quantitative estimate of drug-likeness (QED) is 0.713. The van der Waals surface area contributed by atoms with Crippen molar-refractivity contribution in [2.24, 2.45) is 11.8 Å². The van der Waals surface area contributed by atoms with Crippen LogP contribution in [0.4, 0.5) is 5.69 Å². The summed E-state index contributed by atoms with van der Waals surface area (Å²) in [5.41, 5.74) is 1.06. The number of carbonyl (C=O) groups is 2. The van der Waals surface area contributed by atoms with Gasteiger partial charge in [0.2, 0.25) is 5.91 Å². The molecule has 1 rings (SSSR count). The Morgan fingerprint density at radius 2 is 1.95 bits per heavy atom. The number of amides is 1. The van der Waals surface area contributed by atoms with Crippen LogP contribution in [0.15, 0.2) is 18.2 Å². The molecule has 6 nitrogen and oxygen atoms in total. The van der Waals surface area contributed by atoms with Crippen molar-refractivity contribution in [3.8, 4) is 5.75 Å². The number of hydrogen-bond donors (Lipinski definition) is 3. The smallest absolute Gasteiger partial charge is 0.307 e. The van der Waals surface area contributed by atoms with Gasteiger partial charge in [-0.25, -0.2) is 0 Å². The van der Waals surface area contributed by atoms with Crippen LogP contribution in [0.3, 0.4) is 0 Å². The fourth-order valence-electron chi connectivity index (χ4n) is 1.77. The third-order valence-corrected chi connectivity index (χ3v) is 3.35. The number of rotatable bonds is 7. The Balaban J connectivity index is 2.83. The highest BCUT2D eigenvalue weighted by Crippen LogP contribution is 2.24. The Labute approximate surface area is 123 Å². The van der Waals surface area contributed by atoms with Gasteiger partial charge < -0.3 is 20.3 Å². The van der Waals surface area contributed by atoms with Crippen LogP contribution in [-0.4, -0.2) is 28.7 Å². The summed E-state index contributed by atoms with van der Waals surface area (Å²) >= 11 is 0. The van der Waals surface area contributed by atoms with Crippen LogP contribution >= 0.6 is 0 Å². The molecule has 116 valence electrons. The minimum absolute atomic E-state index is 0.208. The largest absolute Gasteiger partial charge is 0.494 e. The molecular weight excluding hydrogens is 274 g/mol. The molecule has 0 heterocycles. The van der Waals surface area contributed by atoms with Crippen LogP contribution in [0.25, 0.3) is 0 Å². The normalized spacial score (nSPS) is 13.3. The van der Waals surface area contributed by atoms with E-state index in [2.05, 4.69) is 5.32 Å². The van der Waals surface area contributed by atoms with Crippen molar-refractivity contribution in [3.05, 3.63) is 23.8 Å².